The summed E-state index contributed by atoms with van der Waals surface area (Å²) in [6.07, 6.45) is 4.67. The summed E-state index contributed by atoms with van der Waals surface area (Å²) in [5.74, 6) is -2.52. The number of rotatable bonds is 7. The van der Waals surface area contributed by atoms with Crippen LogP contribution in [0, 0.1) is 11.6 Å². The zero-order valence-electron chi connectivity index (χ0n) is 22.4. The minimum Gasteiger partial charge on any atom is -0.444 e. The Labute approximate surface area is 226 Å². The number of benzene rings is 1. The van der Waals surface area contributed by atoms with Gasteiger partial charge in [-0.1, -0.05) is 18.2 Å². The number of carbonyl (C=O) groups is 1. The van der Waals surface area contributed by atoms with Crippen LogP contribution in [0.15, 0.2) is 36.8 Å². The quantitative estimate of drug-likeness (QED) is 0.425. The van der Waals surface area contributed by atoms with E-state index in [-0.39, 0.29) is 17.4 Å². The number of amides is 1. The molecule has 210 valence electrons. The van der Waals surface area contributed by atoms with Crippen LogP contribution in [0.2, 0.25) is 0 Å². The zero-order chi connectivity index (χ0) is 28.4. The highest BCUT2D eigenvalue weighted by Gasteiger charge is 2.26. The molecule has 1 amide bonds. The Balaban J connectivity index is 1.51. The third kappa shape index (κ3) is 6.88. The van der Waals surface area contributed by atoms with Crippen molar-refractivity contribution in [3.8, 4) is 16.9 Å². The molecule has 1 aromatic carbocycles. The number of carbonyl (C=O) groups excluding carboxylic acids is 1. The van der Waals surface area contributed by atoms with Gasteiger partial charge in [-0.2, -0.15) is 0 Å². The van der Waals surface area contributed by atoms with E-state index in [2.05, 4.69) is 20.2 Å². The van der Waals surface area contributed by atoms with Crippen molar-refractivity contribution < 1.29 is 26.7 Å². The topological polar surface area (TPSA) is 111 Å². The molecule has 0 aliphatic carbocycles. The fourth-order valence-corrected chi connectivity index (χ4v) is 5.71. The maximum atomic E-state index is 15.2. The minimum atomic E-state index is -3.54. The van der Waals surface area contributed by atoms with Crippen molar-refractivity contribution in [2.24, 2.45) is 0 Å². The molecule has 3 heterocycles. The van der Waals surface area contributed by atoms with Gasteiger partial charge >= 0.3 is 6.09 Å². The van der Waals surface area contributed by atoms with Crippen molar-refractivity contribution in [2.75, 3.05) is 36.8 Å². The molecule has 13 heteroatoms. The van der Waals surface area contributed by atoms with Gasteiger partial charge in [0.05, 0.1) is 29.6 Å². The molecule has 10 nitrogen and oxygen atoms in total. The molecule has 0 N–H and O–H groups in total. The van der Waals surface area contributed by atoms with Gasteiger partial charge in [0.2, 0.25) is 0 Å². The first-order chi connectivity index (χ1) is 18.4. The first-order valence-corrected chi connectivity index (χ1v) is 14.5. The molecule has 3 aromatic rings. The third-order valence-corrected chi connectivity index (χ3v) is 7.86. The monoisotopic (exact) mass is 562 g/mol. The first kappa shape index (κ1) is 28.4. The SMILES string of the molecule is CCCS(=O)(=O)Cc1ccc(F)c(-n2cc(-c3cncc(N4CCN(C(=O)OC(C)(C)C)CC4)c3)nn2)c1F. The van der Waals surface area contributed by atoms with Crippen LogP contribution in [0.25, 0.3) is 16.9 Å². The molecule has 39 heavy (non-hydrogen) atoms. The van der Waals surface area contributed by atoms with Crippen molar-refractivity contribution >= 4 is 21.6 Å². The number of anilines is 1. The summed E-state index contributed by atoms with van der Waals surface area (Å²) in [5.41, 5.74) is 0.511. The van der Waals surface area contributed by atoms with Gasteiger partial charge < -0.3 is 14.5 Å². The molecule has 0 saturated carbocycles. The molecule has 0 atom stereocenters. The number of sulfone groups is 1. The maximum Gasteiger partial charge on any atom is 0.410 e. The van der Waals surface area contributed by atoms with E-state index in [1.54, 1.807) is 24.2 Å². The Morgan fingerprint density at radius 1 is 1.10 bits per heavy atom. The maximum absolute atomic E-state index is 15.2. The van der Waals surface area contributed by atoms with E-state index < -0.39 is 38.5 Å². The normalized spacial score (nSPS) is 14.5. The van der Waals surface area contributed by atoms with Crippen LogP contribution in [0.5, 0.6) is 0 Å². The van der Waals surface area contributed by atoms with Gasteiger partial charge in [-0.3, -0.25) is 4.98 Å². The van der Waals surface area contributed by atoms with Crippen LogP contribution >= 0.6 is 0 Å². The van der Waals surface area contributed by atoms with Crippen LogP contribution in [0.1, 0.15) is 39.7 Å². The van der Waals surface area contributed by atoms with E-state index in [1.807, 2.05) is 26.8 Å². The number of piperazine rings is 1. The summed E-state index contributed by atoms with van der Waals surface area (Å²) < 4.78 is 60.7. The van der Waals surface area contributed by atoms with E-state index in [9.17, 15) is 17.6 Å². The highest BCUT2D eigenvalue weighted by Crippen LogP contribution is 2.27. The van der Waals surface area contributed by atoms with E-state index in [4.69, 9.17) is 4.74 Å². The Kier molecular flexibility index (Phi) is 8.19. The molecule has 0 unspecified atom stereocenters. The highest BCUT2D eigenvalue weighted by atomic mass is 32.2. The molecule has 1 saturated heterocycles. The van der Waals surface area contributed by atoms with E-state index in [1.165, 1.54) is 6.20 Å². The summed E-state index contributed by atoms with van der Waals surface area (Å²) in [7, 11) is -3.54. The van der Waals surface area contributed by atoms with E-state index >= 15 is 4.39 Å². The van der Waals surface area contributed by atoms with Gasteiger partial charge in [-0.15, -0.1) is 5.10 Å². The highest BCUT2D eigenvalue weighted by molar-refractivity contribution is 7.90. The molecular formula is C26H32F2N6O4S. The number of aromatic nitrogens is 4. The average molecular weight is 563 g/mol. The summed E-state index contributed by atoms with van der Waals surface area (Å²) in [6.45, 7) is 9.30. The summed E-state index contributed by atoms with van der Waals surface area (Å²) in [4.78, 5) is 20.4. The standard InChI is InChI=1S/C26H32F2N6O4S/c1-5-12-39(36,37)17-18-6-7-21(27)24(23(18)28)34-16-22(30-31-34)19-13-20(15-29-14-19)32-8-10-33(11-9-32)25(35)38-26(2,3)4/h6-7,13-16H,5,8-12,17H2,1-4H3. The number of hydrogen-bond acceptors (Lipinski definition) is 8. The third-order valence-electron chi connectivity index (χ3n) is 6.08. The summed E-state index contributed by atoms with van der Waals surface area (Å²) in [6, 6.07) is 4.00. The molecule has 2 aromatic heterocycles. The fourth-order valence-electron chi connectivity index (χ4n) is 4.24. The van der Waals surface area contributed by atoms with Crippen LogP contribution in [-0.2, 0) is 20.3 Å². The van der Waals surface area contributed by atoms with Crippen LogP contribution in [-0.4, -0.2) is 76.9 Å². The Bertz CT molecular complexity index is 1450. The number of ether oxygens (including phenoxy) is 1. The molecule has 1 fully saturated rings. The lowest BCUT2D eigenvalue weighted by Crippen LogP contribution is -2.50. The molecule has 0 radical (unpaired) electrons. The molecular weight excluding hydrogens is 530 g/mol. The van der Waals surface area contributed by atoms with E-state index in [0.29, 0.717) is 43.9 Å². The van der Waals surface area contributed by atoms with Crippen molar-refractivity contribution in [3.05, 3.63) is 54.0 Å². The van der Waals surface area contributed by atoms with Gasteiger partial charge in [0.25, 0.3) is 0 Å². The Hall–Kier alpha value is -3.61. The van der Waals surface area contributed by atoms with Crippen molar-refractivity contribution in [2.45, 2.75) is 45.5 Å². The Morgan fingerprint density at radius 2 is 1.82 bits per heavy atom. The molecule has 0 spiro atoms. The van der Waals surface area contributed by atoms with Gasteiger partial charge in [-0.25, -0.2) is 26.7 Å². The summed E-state index contributed by atoms with van der Waals surface area (Å²) in [5, 5.41) is 7.96. The zero-order valence-corrected chi connectivity index (χ0v) is 23.2. The van der Waals surface area contributed by atoms with Crippen LogP contribution < -0.4 is 4.90 Å². The predicted molar refractivity (Wildman–Crippen MR) is 142 cm³/mol. The summed E-state index contributed by atoms with van der Waals surface area (Å²) >= 11 is 0. The van der Waals surface area contributed by atoms with E-state index in [0.717, 1.165) is 22.5 Å². The minimum absolute atomic E-state index is 0.0913. The second kappa shape index (κ2) is 11.2. The Morgan fingerprint density at radius 3 is 2.49 bits per heavy atom. The van der Waals surface area contributed by atoms with Gasteiger partial charge in [0, 0.05) is 43.5 Å². The second-order valence-electron chi connectivity index (χ2n) is 10.4. The number of halogens is 2. The smallest absolute Gasteiger partial charge is 0.410 e. The number of hydrogen-bond donors (Lipinski definition) is 0. The number of nitrogens with zero attached hydrogens (tertiary/aromatic N) is 6. The van der Waals surface area contributed by atoms with Crippen molar-refractivity contribution in [3.63, 3.8) is 0 Å². The molecule has 4 rings (SSSR count). The van der Waals surface area contributed by atoms with Crippen molar-refractivity contribution in [1.82, 2.24) is 24.9 Å². The average Bonchev–Trinajstić information content (AvgIpc) is 3.35. The van der Waals surface area contributed by atoms with Gasteiger partial charge in [0.1, 0.15) is 17.0 Å². The van der Waals surface area contributed by atoms with Crippen LogP contribution in [0.3, 0.4) is 0 Å². The molecule has 1 aliphatic heterocycles. The molecule has 0 bridgehead atoms. The number of pyridine rings is 1. The molecule has 1 aliphatic rings. The van der Waals surface area contributed by atoms with Crippen LogP contribution in [0.4, 0.5) is 19.3 Å². The lowest BCUT2D eigenvalue weighted by atomic mass is 10.2. The lowest BCUT2D eigenvalue weighted by molar-refractivity contribution is 0.0240. The lowest BCUT2D eigenvalue weighted by Gasteiger charge is -2.36. The second-order valence-corrected chi connectivity index (χ2v) is 12.6. The van der Waals surface area contributed by atoms with Gasteiger partial charge in [0.15, 0.2) is 21.5 Å². The van der Waals surface area contributed by atoms with Gasteiger partial charge in [-0.05, 0) is 39.3 Å². The largest absolute Gasteiger partial charge is 0.444 e. The van der Waals surface area contributed by atoms with Crippen molar-refractivity contribution in [1.29, 1.82) is 0 Å². The predicted octanol–water partition coefficient (Wildman–Crippen LogP) is 3.99. The first-order valence-electron chi connectivity index (χ1n) is 12.6. The fraction of sp³-hybridized carbons (Fsp3) is 0.462.